The molecule has 0 spiro atoms. The van der Waals surface area contributed by atoms with Crippen molar-refractivity contribution in [3.05, 3.63) is 30.3 Å². The molecule has 0 aliphatic heterocycles. The van der Waals surface area contributed by atoms with E-state index in [0.717, 1.165) is 0 Å². The quantitative estimate of drug-likeness (QED) is 0.617. The van der Waals surface area contributed by atoms with Crippen molar-refractivity contribution in [3.8, 4) is 0 Å². The van der Waals surface area contributed by atoms with Crippen LogP contribution in [0.5, 0.6) is 0 Å². The Hall–Kier alpha value is -0.462. The van der Waals surface area contributed by atoms with Crippen molar-refractivity contribution in [1.82, 2.24) is 0 Å². The first-order valence-electron chi connectivity index (χ1n) is 2.93. The standard InChI is InChI=1S/C6H6AsO2/c8-7(9)6-4-2-1-3-5-6/h1-5H,(H,8,9)/i1D. The molecule has 1 radical (unpaired) electrons. The summed E-state index contributed by atoms with van der Waals surface area (Å²) >= 11 is -2.94. The summed E-state index contributed by atoms with van der Waals surface area (Å²) in [6, 6.07) is 6.39. The normalized spacial score (nSPS) is 12.6. The topological polar surface area (TPSA) is 37.3 Å². The van der Waals surface area contributed by atoms with Crippen LogP contribution >= 0.6 is 0 Å². The molecule has 0 aliphatic carbocycles. The molecule has 2 nitrogen and oxygen atoms in total. The van der Waals surface area contributed by atoms with Gasteiger partial charge in [-0.05, 0) is 0 Å². The van der Waals surface area contributed by atoms with Gasteiger partial charge in [-0.3, -0.25) is 0 Å². The number of hydrogen-bond donors (Lipinski definition) is 1. The molecule has 0 amide bonds. The fraction of sp³-hybridized carbons (Fsp3) is 0. The van der Waals surface area contributed by atoms with E-state index in [4.69, 9.17) is 5.47 Å². The molecule has 1 rings (SSSR count). The summed E-state index contributed by atoms with van der Waals surface area (Å²) in [7, 11) is 0. The van der Waals surface area contributed by atoms with Crippen LogP contribution < -0.4 is 4.35 Å². The van der Waals surface area contributed by atoms with Gasteiger partial charge in [0.05, 0.1) is 0 Å². The van der Waals surface area contributed by atoms with Gasteiger partial charge >= 0.3 is 58.8 Å². The van der Waals surface area contributed by atoms with E-state index in [1.807, 2.05) is 0 Å². The average molecular weight is 186 g/mol. The van der Waals surface area contributed by atoms with E-state index < -0.39 is 14.9 Å². The number of hydrogen-bond acceptors (Lipinski definition) is 1. The van der Waals surface area contributed by atoms with Gasteiger partial charge in [0.15, 0.2) is 0 Å². The van der Waals surface area contributed by atoms with Crippen LogP contribution in [0.3, 0.4) is 0 Å². The molecule has 0 fully saturated rings. The summed E-state index contributed by atoms with van der Waals surface area (Å²) in [5.74, 6) is 0. The molecule has 9 heavy (non-hydrogen) atoms. The zero-order valence-corrected chi connectivity index (χ0v) is 6.49. The molecule has 0 saturated carbocycles. The number of rotatable bonds is 1. The minimum absolute atomic E-state index is 0.361. The first kappa shape index (κ1) is 5.33. The monoisotopic (exact) mass is 186 g/mol. The Morgan fingerprint density at radius 3 is 2.56 bits per heavy atom. The molecular weight excluding hydrogens is 179 g/mol. The van der Waals surface area contributed by atoms with Gasteiger partial charge in [0.1, 0.15) is 0 Å². The fourth-order valence-electron chi connectivity index (χ4n) is 0.506. The number of benzene rings is 1. The van der Waals surface area contributed by atoms with E-state index >= 15 is 0 Å². The molecule has 1 atom stereocenters. The third-order valence-corrected chi connectivity index (χ3v) is 2.47. The second kappa shape index (κ2) is 2.90. The molecule has 1 N–H and O–H groups in total. The summed E-state index contributed by atoms with van der Waals surface area (Å²) in [6.07, 6.45) is 0. The summed E-state index contributed by atoms with van der Waals surface area (Å²) in [5, 5.41) is 0. The first-order chi connectivity index (χ1) is 4.70. The minimum atomic E-state index is -2.94. The molecule has 1 unspecified atom stereocenters. The van der Waals surface area contributed by atoms with Crippen LogP contribution in [0.4, 0.5) is 0 Å². The SMILES string of the molecule is [2H]c1ccc([As](=O)O)cc1. The van der Waals surface area contributed by atoms with Crippen LogP contribution in [-0.2, 0) is 3.74 Å². The summed E-state index contributed by atoms with van der Waals surface area (Å²) in [4.78, 5) is 0. The molecule has 3 heteroatoms. The van der Waals surface area contributed by atoms with Crippen molar-refractivity contribution in [3.63, 3.8) is 0 Å². The predicted molar refractivity (Wildman–Crippen MR) is 34.7 cm³/mol. The van der Waals surface area contributed by atoms with Gasteiger partial charge in [0.2, 0.25) is 0 Å². The Labute approximate surface area is 59.4 Å². The van der Waals surface area contributed by atoms with E-state index in [9.17, 15) is 3.74 Å². The van der Waals surface area contributed by atoms with Gasteiger partial charge in [-0.2, -0.15) is 0 Å². The average Bonchev–Trinajstić information content (AvgIpc) is 1.88. The van der Waals surface area contributed by atoms with Crippen molar-refractivity contribution in [2.24, 2.45) is 0 Å². The maximum atomic E-state index is 10.5. The second-order valence-corrected chi connectivity index (χ2v) is 3.76. The molecule has 1 aromatic rings. The van der Waals surface area contributed by atoms with Crippen LogP contribution in [0, 0.1) is 0 Å². The maximum absolute atomic E-state index is 10.5. The molecule has 0 heterocycles. The van der Waals surface area contributed by atoms with Gasteiger partial charge in [-0.25, -0.2) is 0 Å². The Morgan fingerprint density at radius 2 is 2.11 bits per heavy atom. The van der Waals surface area contributed by atoms with Crippen molar-refractivity contribution in [1.29, 1.82) is 0 Å². The van der Waals surface area contributed by atoms with E-state index in [1.165, 1.54) is 24.3 Å². The van der Waals surface area contributed by atoms with E-state index in [-0.39, 0.29) is 0 Å². The fourth-order valence-corrected chi connectivity index (χ4v) is 1.35. The van der Waals surface area contributed by atoms with Crippen LogP contribution in [0.2, 0.25) is 0 Å². The van der Waals surface area contributed by atoms with Crippen LogP contribution in [0.1, 0.15) is 1.37 Å². The van der Waals surface area contributed by atoms with Crippen molar-refractivity contribution in [2.45, 2.75) is 0 Å². The van der Waals surface area contributed by atoms with Crippen molar-refractivity contribution < 1.29 is 9.21 Å². The van der Waals surface area contributed by atoms with Crippen molar-refractivity contribution in [2.75, 3.05) is 0 Å². The van der Waals surface area contributed by atoms with Gasteiger partial charge in [-0.1, -0.05) is 0 Å². The Morgan fingerprint density at radius 1 is 1.56 bits per heavy atom. The summed E-state index contributed by atoms with van der Waals surface area (Å²) in [6.45, 7) is 0. The van der Waals surface area contributed by atoms with Crippen LogP contribution in [0.15, 0.2) is 30.3 Å². The van der Waals surface area contributed by atoms with Gasteiger partial charge < -0.3 is 0 Å². The molecule has 1 aromatic carbocycles. The van der Waals surface area contributed by atoms with E-state index in [1.54, 1.807) is 0 Å². The van der Waals surface area contributed by atoms with E-state index in [0.29, 0.717) is 10.4 Å². The third kappa shape index (κ3) is 1.74. The van der Waals surface area contributed by atoms with Crippen LogP contribution in [-0.4, -0.2) is 19.0 Å². The summed E-state index contributed by atoms with van der Waals surface area (Å²) < 4.78 is 26.6. The predicted octanol–water partition coefficient (Wildman–Crippen LogP) is -0.195. The van der Waals surface area contributed by atoms with E-state index in [2.05, 4.69) is 0 Å². The Kier molecular flexibility index (Phi) is 1.72. The Balaban J connectivity index is 3.00. The molecule has 0 aliphatic rings. The van der Waals surface area contributed by atoms with Gasteiger partial charge in [0.25, 0.3) is 0 Å². The van der Waals surface area contributed by atoms with Crippen molar-refractivity contribution >= 4 is 19.3 Å². The zero-order valence-electron chi connectivity index (χ0n) is 5.61. The molecule has 47 valence electrons. The molecule has 0 aromatic heterocycles. The van der Waals surface area contributed by atoms with Crippen LogP contribution in [0.25, 0.3) is 0 Å². The second-order valence-electron chi connectivity index (χ2n) is 1.53. The first-order valence-corrected chi connectivity index (χ1v) is 4.97. The van der Waals surface area contributed by atoms with Gasteiger partial charge in [-0.15, -0.1) is 0 Å². The molecule has 0 saturated heterocycles. The van der Waals surface area contributed by atoms with Gasteiger partial charge in [0, 0.05) is 0 Å². The molecular formula is C6H6AsO2. The third-order valence-electron chi connectivity index (χ3n) is 0.922. The molecule has 0 bridgehead atoms. The Bertz CT molecular complexity index is 244. The summed E-state index contributed by atoms with van der Waals surface area (Å²) in [5.41, 5.74) is 0. The zero-order chi connectivity index (χ0) is 7.56.